The van der Waals surface area contributed by atoms with Crippen LogP contribution in [0.5, 0.6) is 0 Å². The standard InChI is InChI=1S/C18H28N2O3/c1-14(2)23-11-8-19-17-5-3-4-16(12-17)18(22)20-9-6-15(13-21)7-10-20/h3-5,12,14-15,19,21H,6-11,13H2,1-2H3. The average molecular weight is 320 g/mol. The van der Waals surface area contributed by atoms with Gasteiger partial charge in [0.2, 0.25) is 0 Å². The van der Waals surface area contributed by atoms with Gasteiger partial charge < -0.3 is 20.1 Å². The predicted octanol–water partition coefficient (Wildman–Crippen LogP) is 2.37. The molecule has 0 saturated carbocycles. The Morgan fingerprint density at radius 3 is 2.78 bits per heavy atom. The molecule has 2 rings (SSSR count). The number of piperidine rings is 1. The molecule has 0 radical (unpaired) electrons. The van der Waals surface area contributed by atoms with Gasteiger partial charge in [0.15, 0.2) is 0 Å². The predicted molar refractivity (Wildman–Crippen MR) is 91.7 cm³/mol. The highest BCUT2D eigenvalue weighted by Gasteiger charge is 2.23. The van der Waals surface area contributed by atoms with Crippen molar-refractivity contribution in [2.45, 2.75) is 32.8 Å². The lowest BCUT2D eigenvalue weighted by Gasteiger charge is -2.31. The molecule has 1 aromatic rings. The first-order valence-electron chi connectivity index (χ1n) is 8.46. The number of nitrogens with zero attached hydrogens (tertiary/aromatic N) is 1. The average Bonchev–Trinajstić information content (AvgIpc) is 2.58. The van der Waals surface area contributed by atoms with Gasteiger partial charge in [-0.25, -0.2) is 0 Å². The summed E-state index contributed by atoms with van der Waals surface area (Å²) in [7, 11) is 0. The van der Waals surface area contributed by atoms with E-state index < -0.39 is 0 Å². The molecule has 0 unspecified atom stereocenters. The first-order valence-corrected chi connectivity index (χ1v) is 8.46. The lowest BCUT2D eigenvalue weighted by molar-refractivity contribution is 0.0651. The summed E-state index contributed by atoms with van der Waals surface area (Å²) in [6.07, 6.45) is 1.99. The van der Waals surface area contributed by atoms with E-state index in [2.05, 4.69) is 5.32 Å². The zero-order valence-electron chi connectivity index (χ0n) is 14.1. The van der Waals surface area contributed by atoms with E-state index in [-0.39, 0.29) is 18.6 Å². The van der Waals surface area contributed by atoms with E-state index in [0.29, 0.717) is 18.1 Å². The number of hydrogen-bond donors (Lipinski definition) is 2. The van der Waals surface area contributed by atoms with Crippen LogP contribution in [0.3, 0.4) is 0 Å². The molecule has 1 aliphatic heterocycles. The summed E-state index contributed by atoms with van der Waals surface area (Å²) < 4.78 is 5.50. The molecule has 23 heavy (non-hydrogen) atoms. The minimum Gasteiger partial charge on any atom is -0.396 e. The van der Waals surface area contributed by atoms with Crippen molar-refractivity contribution < 1.29 is 14.6 Å². The maximum absolute atomic E-state index is 12.6. The molecule has 0 aliphatic carbocycles. The van der Waals surface area contributed by atoms with Crippen LogP contribution in [-0.2, 0) is 4.74 Å². The highest BCUT2D eigenvalue weighted by molar-refractivity contribution is 5.95. The van der Waals surface area contributed by atoms with Crippen LogP contribution < -0.4 is 5.32 Å². The van der Waals surface area contributed by atoms with Gasteiger partial charge in [0.1, 0.15) is 0 Å². The number of nitrogens with one attached hydrogen (secondary N) is 1. The molecule has 1 amide bonds. The number of rotatable bonds is 7. The summed E-state index contributed by atoms with van der Waals surface area (Å²) in [5.41, 5.74) is 1.65. The number of ether oxygens (including phenoxy) is 1. The topological polar surface area (TPSA) is 61.8 Å². The summed E-state index contributed by atoms with van der Waals surface area (Å²) in [4.78, 5) is 14.5. The maximum atomic E-state index is 12.6. The van der Waals surface area contributed by atoms with Crippen LogP contribution in [0.25, 0.3) is 0 Å². The third-order valence-corrected chi connectivity index (χ3v) is 4.15. The Morgan fingerprint density at radius 1 is 1.39 bits per heavy atom. The molecule has 1 saturated heterocycles. The number of anilines is 1. The smallest absolute Gasteiger partial charge is 0.253 e. The second-order valence-electron chi connectivity index (χ2n) is 6.35. The Balaban J connectivity index is 1.87. The normalized spacial score (nSPS) is 15.9. The second kappa shape index (κ2) is 8.89. The molecule has 5 heteroatoms. The van der Waals surface area contributed by atoms with Crippen LogP contribution >= 0.6 is 0 Å². The first kappa shape index (κ1) is 17.8. The van der Waals surface area contributed by atoms with Gasteiger partial charge in [-0.15, -0.1) is 0 Å². The van der Waals surface area contributed by atoms with E-state index in [4.69, 9.17) is 4.74 Å². The van der Waals surface area contributed by atoms with Gasteiger partial charge in [-0.05, 0) is 50.8 Å². The number of benzene rings is 1. The van der Waals surface area contributed by atoms with Crippen LogP contribution in [0.4, 0.5) is 5.69 Å². The van der Waals surface area contributed by atoms with E-state index in [1.807, 2.05) is 43.0 Å². The fourth-order valence-corrected chi connectivity index (χ4v) is 2.75. The van der Waals surface area contributed by atoms with Crippen molar-refractivity contribution in [2.24, 2.45) is 5.92 Å². The van der Waals surface area contributed by atoms with Gasteiger partial charge in [0, 0.05) is 37.5 Å². The lowest BCUT2D eigenvalue weighted by Crippen LogP contribution is -2.39. The largest absolute Gasteiger partial charge is 0.396 e. The quantitative estimate of drug-likeness (QED) is 0.757. The van der Waals surface area contributed by atoms with Crippen molar-refractivity contribution >= 4 is 11.6 Å². The van der Waals surface area contributed by atoms with Gasteiger partial charge >= 0.3 is 0 Å². The number of amides is 1. The molecule has 1 heterocycles. The van der Waals surface area contributed by atoms with Crippen LogP contribution in [0, 0.1) is 5.92 Å². The van der Waals surface area contributed by atoms with Crippen molar-refractivity contribution in [1.29, 1.82) is 0 Å². The first-order chi connectivity index (χ1) is 11.1. The summed E-state index contributed by atoms with van der Waals surface area (Å²) in [5.74, 6) is 0.413. The highest BCUT2D eigenvalue weighted by Crippen LogP contribution is 2.19. The van der Waals surface area contributed by atoms with Crippen molar-refractivity contribution in [3.63, 3.8) is 0 Å². The van der Waals surface area contributed by atoms with Crippen molar-refractivity contribution in [2.75, 3.05) is 38.2 Å². The molecule has 1 aromatic carbocycles. The molecule has 0 atom stereocenters. The van der Waals surface area contributed by atoms with Crippen LogP contribution in [0.15, 0.2) is 24.3 Å². The summed E-state index contributed by atoms with van der Waals surface area (Å²) >= 11 is 0. The number of likely N-dealkylation sites (tertiary alicyclic amines) is 1. The number of aliphatic hydroxyl groups excluding tert-OH is 1. The summed E-state index contributed by atoms with van der Waals surface area (Å²) in [5, 5.41) is 12.5. The van der Waals surface area contributed by atoms with E-state index in [1.54, 1.807) is 0 Å². The molecule has 0 spiro atoms. The summed E-state index contributed by atoms with van der Waals surface area (Å²) in [6, 6.07) is 7.62. The molecule has 0 bridgehead atoms. The molecule has 128 valence electrons. The van der Waals surface area contributed by atoms with Crippen LogP contribution in [-0.4, -0.2) is 54.9 Å². The van der Waals surface area contributed by atoms with Crippen molar-refractivity contribution in [3.8, 4) is 0 Å². The second-order valence-corrected chi connectivity index (χ2v) is 6.35. The van der Waals surface area contributed by atoms with Gasteiger partial charge in [-0.2, -0.15) is 0 Å². The van der Waals surface area contributed by atoms with E-state index in [1.165, 1.54) is 0 Å². The highest BCUT2D eigenvalue weighted by atomic mass is 16.5. The molecule has 1 aliphatic rings. The van der Waals surface area contributed by atoms with Gasteiger partial charge in [-0.1, -0.05) is 6.07 Å². The fourth-order valence-electron chi connectivity index (χ4n) is 2.75. The summed E-state index contributed by atoms with van der Waals surface area (Å²) in [6.45, 7) is 7.06. The third-order valence-electron chi connectivity index (χ3n) is 4.15. The Kier molecular flexibility index (Phi) is 6.86. The molecular weight excluding hydrogens is 292 g/mol. The molecule has 1 fully saturated rings. The van der Waals surface area contributed by atoms with Crippen molar-refractivity contribution in [3.05, 3.63) is 29.8 Å². The minimum absolute atomic E-state index is 0.0727. The Hall–Kier alpha value is -1.59. The lowest BCUT2D eigenvalue weighted by atomic mass is 9.97. The van der Waals surface area contributed by atoms with Gasteiger partial charge in [-0.3, -0.25) is 4.79 Å². The van der Waals surface area contributed by atoms with Crippen molar-refractivity contribution in [1.82, 2.24) is 4.90 Å². The molecule has 0 aromatic heterocycles. The zero-order chi connectivity index (χ0) is 16.7. The number of carbonyl (C=O) groups excluding carboxylic acids is 1. The third kappa shape index (κ3) is 5.52. The molecule has 2 N–H and O–H groups in total. The van der Waals surface area contributed by atoms with Crippen LogP contribution in [0.1, 0.15) is 37.0 Å². The Labute approximate surface area is 138 Å². The van der Waals surface area contributed by atoms with Gasteiger partial charge in [0.05, 0.1) is 12.7 Å². The molecular formula is C18H28N2O3. The zero-order valence-corrected chi connectivity index (χ0v) is 14.1. The number of aliphatic hydroxyl groups is 1. The Morgan fingerprint density at radius 2 is 2.13 bits per heavy atom. The number of carbonyl (C=O) groups is 1. The van der Waals surface area contributed by atoms with E-state index in [0.717, 1.165) is 38.2 Å². The van der Waals surface area contributed by atoms with E-state index >= 15 is 0 Å². The Bertz CT molecular complexity index is 497. The maximum Gasteiger partial charge on any atom is 0.253 e. The SMILES string of the molecule is CC(C)OCCNc1cccc(C(=O)N2CCC(CO)CC2)c1. The van der Waals surface area contributed by atoms with E-state index in [9.17, 15) is 9.90 Å². The fraction of sp³-hybridized carbons (Fsp3) is 0.611. The minimum atomic E-state index is 0.0727. The monoisotopic (exact) mass is 320 g/mol. The van der Waals surface area contributed by atoms with Crippen LogP contribution in [0.2, 0.25) is 0 Å². The number of hydrogen-bond acceptors (Lipinski definition) is 4. The van der Waals surface area contributed by atoms with Gasteiger partial charge in [0.25, 0.3) is 5.91 Å². The molecule has 5 nitrogen and oxygen atoms in total.